The van der Waals surface area contributed by atoms with Crippen LogP contribution in [0.1, 0.15) is 0 Å². The molecule has 1 aliphatic rings. The van der Waals surface area contributed by atoms with E-state index in [1.165, 1.54) is 6.33 Å². The van der Waals surface area contributed by atoms with Gasteiger partial charge in [0.1, 0.15) is 17.5 Å². The number of ether oxygens (including phenoxy) is 2. The van der Waals surface area contributed by atoms with Gasteiger partial charge in [0, 0.05) is 24.7 Å². The van der Waals surface area contributed by atoms with Gasteiger partial charge >= 0.3 is 0 Å². The summed E-state index contributed by atoms with van der Waals surface area (Å²) in [6.07, 6.45) is 3.20. The summed E-state index contributed by atoms with van der Waals surface area (Å²) < 4.78 is 11.3. The molecule has 7 heteroatoms. The maximum Gasteiger partial charge on any atom is 0.248 e. The van der Waals surface area contributed by atoms with Crippen LogP contribution in [0.15, 0.2) is 42.9 Å². The Morgan fingerprint density at radius 2 is 1.88 bits per heavy atom. The van der Waals surface area contributed by atoms with Gasteiger partial charge < -0.3 is 20.1 Å². The van der Waals surface area contributed by atoms with Crippen molar-refractivity contribution in [3.63, 3.8) is 0 Å². The molecule has 7 nitrogen and oxygen atoms in total. The molecule has 0 bridgehead atoms. The Morgan fingerprint density at radius 3 is 2.75 bits per heavy atom. The van der Waals surface area contributed by atoms with Gasteiger partial charge in [0.15, 0.2) is 11.6 Å². The molecule has 3 aromatic rings. The molecule has 122 valence electrons. The Hall–Kier alpha value is -2.93. The average molecular weight is 323 g/mol. The van der Waals surface area contributed by atoms with Gasteiger partial charge in [0.2, 0.25) is 5.88 Å². The summed E-state index contributed by atoms with van der Waals surface area (Å²) in [7, 11) is 0. The van der Waals surface area contributed by atoms with E-state index in [1.54, 1.807) is 6.20 Å². The monoisotopic (exact) mass is 323 g/mol. The van der Waals surface area contributed by atoms with Gasteiger partial charge in [-0.15, -0.1) is 0 Å². The molecule has 0 aliphatic carbocycles. The Kier molecular flexibility index (Phi) is 3.84. The number of anilines is 2. The minimum atomic E-state index is 0.338. The van der Waals surface area contributed by atoms with E-state index in [1.807, 2.05) is 30.3 Å². The molecule has 2 N–H and O–H groups in total. The van der Waals surface area contributed by atoms with Gasteiger partial charge in [-0.1, -0.05) is 18.2 Å². The van der Waals surface area contributed by atoms with Crippen LogP contribution < -0.4 is 15.4 Å². The summed E-state index contributed by atoms with van der Waals surface area (Å²) in [6, 6.07) is 9.63. The zero-order valence-corrected chi connectivity index (χ0v) is 13.1. The summed E-state index contributed by atoms with van der Waals surface area (Å²) >= 11 is 0. The quantitative estimate of drug-likeness (QED) is 0.791. The Morgan fingerprint density at radius 1 is 1.04 bits per heavy atom. The lowest BCUT2D eigenvalue weighted by molar-refractivity contribution is 0.122. The number of pyridine rings is 1. The van der Waals surface area contributed by atoms with E-state index in [0.29, 0.717) is 36.3 Å². The molecule has 1 aliphatic heterocycles. The first-order valence-corrected chi connectivity index (χ1v) is 7.78. The highest BCUT2D eigenvalue weighted by molar-refractivity contribution is 5.84. The fraction of sp³-hybridized carbons (Fsp3) is 0.235. The van der Waals surface area contributed by atoms with E-state index in [9.17, 15) is 0 Å². The first-order valence-electron chi connectivity index (χ1n) is 7.78. The average Bonchev–Trinajstić information content (AvgIpc) is 2.64. The van der Waals surface area contributed by atoms with Crippen LogP contribution >= 0.6 is 0 Å². The number of fused-ring (bicyclic) bond motifs is 1. The van der Waals surface area contributed by atoms with E-state index >= 15 is 0 Å². The van der Waals surface area contributed by atoms with Crippen molar-refractivity contribution in [3.05, 3.63) is 42.9 Å². The molecule has 1 saturated heterocycles. The first kappa shape index (κ1) is 14.6. The standard InChI is InChI=1S/C17H17N5O2/c18-14-16(22-7-9-23-10-8-22)20-11-21-17(14)24-13-5-1-3-12-4-2-6-19-15(12)13/h1-6,11H,7-10,18H2. The minimum Gasteiger partial charge on any atom is -0.435 e. The normalized spacial score (nSPS) is 14.8. The van der Waals surface area contributed by atoms with Crippen LogP contribution in [-0.2, 0) is 4.74 Å². The molecule has 2 aromatic heterocycles. The summed E-state index contributed by atoms with van der Waals surface area (Å²) in [5, 5.41) is 0.996. The molecular weight excluding hydrogens is 306 g/mol. The van der Waals surface area contributed by atoms with Gasteiger partial charge in [-0.25, -0.2) is 4.98 Å². The number of benzene rings is 1. The second kappa shape index (κ2) is 6.29. The molecule has 24 heavy (non-hydrogen) atoms. The highest BCUT2D eigenvalue weighted by Crippen LogP contribution is 2.34. The molecular formula is C17H17N5O2. The van der Waals surface area contributed by atoms with E-state index < -0.39 is 0 Å². The van der Waals surface area contributed by atoms with Crippen LogP contribution in [0.3, 0.4) is 0 Å². The predicted octanol–water partition coefficient (Wildman–Crippen LogP) is 2.24. The number of rotatable bonds is 3. The Balaban J connectivity index is 1.69. The fourth-order valence-corrected chi connectivity index (χ4v) is 2.74. The van der Waals surface area contributed by atoms with Crippen molar-refractivity contribution >= 4 is 22.4 Å². The van der Waals surface area contributed by atoms with Gasteiger partial charge in [0.05, 0.1) is 13.2 Å². The van der Waals surface area contributed by atoms with E-state index in [-0.39, 0.29) is 0 Å². The molecule has 0 saturated carbocycles. The van der Waals surface area contributed by atoms with Gasteiger partial charge in [-0.2, -0.15) is 4.98 Å². The first-order chi connectivity index (χ1) is 11.8. The van der Waals surface area contributed by atoms with E-state index in [0.717, 1.165) is 24.0 Å². The molecule has 0 radical (unpaired) electrons. The number of morpholine rings is 1. The third-order valence-electron chi connectivity index (χ3n) is 3.94. The van der Waals surface area contributed by atoms with Crippen LogP contribution in [-0.4, -0.2) is 41.3 Å². The number of nitrogen functional groups attached to an aromatic ring is 1. The third kappa shape index (κ3) is 2.69. The summed E-state index contributed by atoms with van der Waals surface area (Å²) in [6.45, 7) is 2.81. The van der Waals surface area contributed by atoms with Crippen molar-refractivity contribution in [3.8, 4) is 11.6 Å². The zero-order valence-electron chi connectivity index (χ0n) is 13.1. The van der Waals surface area contributed by atoms with Gasteiger partial charge in [-0.05, 0) is 12.1 Å². The van der Waals surface area contributed by atoms with Crippen molar-refractivity contribution < 1.29 is 9.47 Å². The van der Waals surface area contributed by atoms with Gasteiger partial charge in [0.25, 0.3) is 0 Å². The minimum absolute atomic E-state index is 0.338. The molecule has 1 fully saturated rings. The molecule has 4 rings (SSSR count). The molecule has 0 spiro atoms. The van der Waals surface area contributed by atoms with E-state index in [4.69, 9.17) is 15.2 Å². The Bertz CT molecular complexity index is 859. The lowest BCUT2D eigenvalue weighted by Gasteiger charge is -2.28. The third-order valence-corrected chi connectivity index (χ3v) is 3.94. The molecule has 0 unspecified atom stereocenters. The highest BCUT2D eigenvalue weighted by Gasteiger charge is 2.19. The topological polar surface area (TPSA) is 86.4 Å². The maximum atomic E-state index is 6.25. The van der Waals surface area contributed by atoms with Crippen LogP contribution in [0, 0.1) is 0 Å². The number of aromatic nitrogens is 3. The van der Waals surface area contributed by atoms with Crippen LogP contribution in [0.2, 0.25) is 0 Å². The second-order valence-corrected chi connectivity index (χ2v) is 5.45. The van der Waals surface area contributed by atoms with Gasteiger partial charge in [-0.3, -0.25) is 4.98 Å². The Labute approximate surface area is 139 Å². The number of nitrogens with two attached hydrogens (primary N) is 1. The number of hydrogen-bond acceptors (Lipinski definition) is 7. The molecule has 3 heterocycles. The molecule has 1 aromatic carbocycles. The summed E-state index contributed by atoms with van der Waals surface area (Å²) in [5.74, 6) is 1.63. The smallest absolute Gasteiger partial charge is 0.248 e. The summed E-state index contributed by atoms with van der Waals surface area (Å²) in [5.41, 5.74) is 7.45. The van der Waals surface area contributed by atoms with Crippen LogP contribution in [0.5, 0.6) is 11.6 Å². The lowest BCUT2D eigenvalue weighted by atomic mass is 10.2. The predicted molar refractivity (Wildman–Crippen MR) is 91.3 cm³/mol. The van der Waals surface area contributed by atoms with Crippen molar-refractivity contribution in [1.29, 1.82) is 0 Å². The second-order valence-electron chi connectivity index (χ2n) is 5.45. The molecule has 0 atom stereocenters. The van der Waals surface area contributed by atoms with E-state index in [2.05, 4.69) is 19.9 Å². The van der Waals surface area contributed by atoms with Crippen LogP contribution in [0.4, 0.5) is 11.5 Å². The largest absolute Gasteiger partial charge is 0.435 e. The number of nitrogens with zero attached hydrogens (tertiary/aromatic N) is 4. The SMILES string of the molecule is Nc1c(Oc2cccc3cccnc23)ncnc1N1CCOCC1. The zero-order chi connectivity index (χ0) is 16.4. The molecule has 0 amide bonds. The van der Waals surface area contributed by atoms with Crippen molar-refractivity contribution in [1.82, 2.24) is 15.0 Å². The summed E-state index contributed by atoms with van der Waals surface area (Å²) in [4.78, 5) is 15.0. The van der Waals surface area contributed by atoms with Crippen LogP contribution in [0.25, 0.3) is 10.9 Å². The van der Waals surface area contributed by atoms with Crippen molar-refractivity contribution in [2.24, 2.45) is 0 Å². The number of hydrogen-bond donors (Lipinski definition) is 1. The lowest BCUT2D eigenvalue weighted by Crippen LogP contribution is -2.37. The number of para-hydroxylation sites is 1. The fourth-order valence-electron chi connectivity index (χ4n) is 2.74. The van der Waals surface area contributed by atoms with Crippen molar-refractivity contribution in [2.45, 2.75) is 0 Å². The van der Waals surface area contributed by atoms with Crippen molar-refractivity contribution in [2.75, 3.05) is 36.9 Å². The highest BCUT2D eigenvalue weighted by atomic mass is 16.5. The maximum absolute atomic E-state index is 6.25.